The molecule has 0 spiro atoms. The average Bonchev–Trinajstić information content (AvgIpc) is 2.42. The lowest BCUT2D eigenvalue weighted by atomic mass is 9.93. The van der Waals surface area contributed by atoms with Gasteiger partial charge in [0.15, 0.2) is 0 Å². The lowest BCUT2D eigenvalue weighted by molar-refractivity contribution is -0.132. The molecule has 0 radical (unpaired) electrons. The minimum atomic E-state index is 0. The summed E-state index contributed by atoms with van der Waals surface area (Å²) in [5.74, 6) is 0.958. The fourth-order valence-corrected chi connectivity index (χ4v) is 2.86. The molecular formula is C16H25ClN2O. The van der Waals surface area contributed by atoms with Crippen LogP contribution >= 0.6 is 12.4 Å². The maximum atomic E-state index is 12.3. The third-order valence-electron chi connectivity index (χ3n) is 3.90. The van der Waals surface area contributed by atoms with Crippen LogP contribution in [0.3, 0.4) is 0 Å². The molecule has 1 aromatic carbocycles. The Bertz CT molecular complexity index is 417. The van der Waals surface area contributed by atoms with Gasteiger partial charge in [-0.1, -0.05) is 25.5 Å². The predicted molar refractivity (Wildman–Crippen MR) is 86.0 cm³/mol. The maximum Gasteiger partial charge on any atom is 0.226 e. The van der Waals surface area contributed by atoms with Crippen molar-refractivity contribution >= 4 is 24.0 Å². The van der Waals surface area contributed by atoms with E-state index in [0.717, 1.165) is 30.8 Å². The van der Waals surface area contributed by atoms with Crippen LogP contribution in [0.1, 0.15) is 38.2 Å². The smallest absolute Gasteiger partial charge is 0.226 e. The molecule has 1 aliphatic heterocycles. The Morgan fingerprint density at radius 3 is 2.70 bits per heavy atom. The van der Waals surface area contributed by atoms with Gasteiger partial charge in [-0.25, -0.2) is 0 Å². The van der Waals surface area contributed by atoms with Crippen LogP contribution in [-0.2, 0) is 11.2 Å². The second-order valence-electron chi connectivity index (χ2n) is 5.56. The van der Waals surface area contributed by atoms with Gasteiger partial charge in [0, 0.05) is 18.8 Å². The molecule has 1 saturated heterocycles. The van der Waals surface area contributed by atoms with Crippen molar-refractivity contribution in [3.05, 3.63) is 29.8 Å². The van der Waals surface area contributed by atoms with Gasteiger partial charge in [0.2, 0.25) is 5.91 Å². The first kappa shape index (κ1) is 16.8. The minimum Gasteiger partial charge on any atom is -0.399 e. The van der Waals surface area contributed by atoms with Crippen molar-refractivity contribution in [2.24, 2.45) is 5.92 Å². The van der Waals surface area contributed by atoms with Crippen LogP contribution < -0.4 is 5.73 Å². The molecule has 2 rings (SSSR count). The molecule has 1 unspecified atom stereocenters. The third-order valence-corrected chi connectivity index (χ3v) is 3.90. The topological polar surface area (TPSA) is 46.3 Å². The SMILES string of the molecule is CCCC1CCCN(C(=O)Cc2ccc(N)cc2)C1.Cl. The van der Waals surface area contributed by atoms with E-state index in [1.54, 1.807) is 0 Å². The van der Waals surface area contributed by atoms with Gasteiger partial charge in [0.05, 0.1) is 6.42 Å². The summed E-state index contributed by atoms with van der Waals surface area (Å²) < 4.78 is 0. The highest BCUT2D eigenvalue weighted by Gasteiger charge is 2.22. The number of carbonyl (C=O) groups is 1. The van der Waals surface area contributed by atoms with Crippen LogP contribution in [0.5, 0.6) is 0 Å². The summed E-state index contributed by atoms with van der Waals surface area (Å²) >= 11 is 0. The van der Waals surface area contributed by atoms with E-state index in [4.69, 9.17) is 5.73 Å². The molecule has 0 aromatic heterocycles. The van der Waals surface area contributed by atoms with E-state index in [1.807, 2.05) is 29.2 Å². The average molecular weight is 297 g/mol. The number of anilines is 1. The van der Waals surface area contributed by atoms with Crippen LogP contribution in [0.2, 0.25) is 0 Å². The summed E-state index contributed by atoms with van der Waals surface area (Å²) in [5, 5.41) is 0. The van der Waals surface area contributed by atoms with E-state index in [-0.39, 0.29) is 18.3 Å². The molecule has 20 heavy (non-hydrogen) atoms. The molecule has 1 amide bonds. The zero-order valence-corrected chi connectivity index (χ0v) is 13.0. The zero-order chi connectivity index (χ0) is 13.7. The Balaban J connectivity index is 0.00000200. The normalized spacial score (nSPS) is 18.4. The van der Waals surface area contributed by atoms with Gasteiger partial charge in [0.1, 0.15) is 0 Å². The monoisotopic (exact) mass is 296 g/mol. The van der Waals surface area contributed by atoms with E-state index in [9.17, 15) is 4.79 Å². The molecule has 2 N–H and O–H groups in total. The number of nitrogens with two attached hydrogens (primary N) is 1. The lowest BCUT2D eigenvalue weighted by Crippen LogP contribution is -2.40. The Kier molecular flexibility index (Phi) is 6.86. The first-order chi connectivity index (χ1) is 9.19. The number of rotatable bonds is 4. The number of amides is 1. The summed E-state index contributed by atoms with van der Waals surface area (Å²) in [7, 11) is 0. The van der Waals surface area contributed by atoms with Crippen molar-refractivity contribution in [1.82, 2.24) is 4.90 Å². The van der Waals surface area contributed by atoms with Crippen molar-refractivity contribution in [1.29, 1.82) is 0 Å². The quantitative estimate of drug-likeness (QED) is 0.867. The second kappa shape index (κ2) is 8.15. The zero-order valence-electron chi connectivity index (χ0n) is 12.2. The molecular weight excluding hydrogens is 272 g/mol. The van der Waals surface area contributed by atoms with E-state index in [1.165, 1.54) is 19.3 Å². The highest BCUT2D eigenvalue weighted by Crippen LogP contribution is 2.21. The number of hydrogen-bond donors (Lipinski definition) is 1. The van der Waals surface area contributed by atoms with Crippen LogP contribution in [0.4, 0.5) is 5.69 Å². The van der Waals surface area contributed by atoms with Crippen LogP contribution in [0, 0.1) is 5.92 Å². The number of nitrogens with zero attached hydrogens (tertiary/aromatic N) is 1. The lowest BCUT2D eigenvalue weighted by Gasteiger charge is -2.32. The predicted octanol–water partition coefficient (Wildman–Crippen LogP) is 3.27. The number of likely N-dealkylation sites (tertiary alicyclic amines) is 1. The number of benzene rings is 1. The van der Waals surface area contributed by atoms with E-state index >= 15 is 0 Å². The number of halogens is 1. The standard InChI is InChI=1S/C16H24N2O.ClH/c1-2-4-14-5-3-10-18(12-14)16(19)11-13-6-8-15(17)9-7-13;/h6-9,14H,2-5,10-12,17H2,1H3;1H. The largest absolute Gasteiger partial charge is 0.399 e. The molecule has 1 aliphatic rings. The van der Waals surface area contributed by atoms with Crippen LogP contribution in [0.15, 0.2) is 24.3 Å². The van der Waals surface area contributed by atoms with Crippen LogP contribution in [-0.4, -0.2) is 23.9 Å². The fraction of sp³-hybridized carbons (Fsp3) is 0.562. The molecule has 1 fully saturated rings. The molecule has 1 atom stereocenters. The first-order valence-corrected chi connectivity index (χ1v) is 7.31. The number of hydrogen-bond acceptors (Lipinski definition) is 2. The summed E-state index contributed by atoms with van der Waals surface area (Å²) in [6, 6.07) is 7.61. The summed E-state index contributed by atoms with van der Waals surface area (Å²) in [6.07, 6.45) is 5.38. The number of carbonyl (C=O) groups excluding carboxylic acids is 1. The number of piperidine rings is 1. The van der Waals surface area contributed by atoms with Gasteiger partial charge < -0.3 is 10.6 Å². The fourth-order valence-electron chi connectivity index (χ4n) is 2.86. The van der Waals surface area contributed by atoms with Gasteiger partial charge in [-0.15, -0.1) is 12.4 Å². The second-order valence-corrected chi connectivity index (χ2v) is 5.56. The van der Waals surface area contributed by atoms with Gasteiger partial charge in [0.25, 0.3) is 0 Å². The molecule has 4 heteroatoms. The van der Waals surface area contributed by atoms with E-state index < -0.39 is 0 Å². The van der Waals surface area contributed by atoms with Crippen LogP contribution in [0.25, 0.3) is 0 Å². The van der Waals surface area contributed by atoms with Gasteiger partial charge in [-0.3, -0.25) is 4.79 Å². The molecule has 0 saturated carbocycles. The minimum absolute atomic E-state index is 0. The maximum absolute atomic E-state index is 12.3. The highest BCUT2D eigenvalue weighted by atomic mass is 35.5. The molecule has 112 valence electrons. The summed E-state index contributed by atoms with van der Waals surface area (Å²) in [6.45, 7) is 4.09. The Hall–Kier alpha value is -1.22. The van der Waals surface area contributed by atoms with Crippen molar-refractivity contribution in [2.75, 3.05) is 18.8 Å². The molecule has 0 aliphatic carbocycles. The van der Waals surface area contributed by atoms with Gasteiger partial charge in [-0.2, -0.15) is 0 Å². The first-order valence-electron chi connectivity index (χ1n) is 7.31. The van der Waals surface area contributed by atoms with Crippen molar-refractivity contribution < 1.29 is 4.79 Å². The van der Waals surface area contributed by atoms with Gasteiger partial charge >= 0.3 is 0 Å². The third kappa shape index (κ3) is 4.71. The molecule has 3 nitrogen and oxygen atoms in total. The Morgan fingerprint density at radius 1 is 1.35 bits per heavy atom. The van der Waals surface area contributed by atoms with Gasteiger partial charge in [-0.05, 0) is 42.9 Å². The van der Waals surface area contributed by atoms with Crippen molar-refractivity contribution in [3.63, 3.8) is 0 Å². The highest BCUT2D eigenvalue weighted by molar-refractivity contribution is 5.85. The van der Waals surface area contributed by atoms with Crippen molar-refractivity contribution in [2.45, 2.75) is 39.0 Å². The summed E-state index contributed by atoms with van der Waals surface area (Å²) in [5.41, 5.74) is 7.46. The van der Waals surface area contributed by atoms with E-state index in [0.29, 0.717) is 12.3 Å². The summed E-state index contributed by atoms with van der Waals surface area (Å²) in [4.78, 5) is 14.3. The molecule has 1 aromatic rings. The van der Waals surface area contributed by atoms with E-state index in [2.05, 4.69) is 6.92 Å². The molecule has 1 heterocycles. The van der Waals surface area contributed by atoms with Crippen molar-refractivity contribution in [3.8, 4) is 0 Å². The Labute approximate surface area is 127 Å². The molecule has 0 bridgehead atoms. The Morgan fingerprint density at radius 2 is 2.05 bits per heavy atom. The number of nitrogen functional groups attached to an aromatic ring is 1.